The summed E-state index contributed by atoms with van der Waals surface area (Å²) in [7, 11) is 0. The number of benzene rings is 1. The Morgan fingerprint density at radius 2 is 2.07 bits per heavy atom. The standard InChI is InChI=1S/C19H21F4N5S/c1-2-24-18(26-8-6-17-28-16(11-29-17)19(21,22)23)25-7-5-12-10-27-15-9-13(20)3-4-14(12)15/h3-4,9-11,27H,2,5-8H2,1H3,(H2,24,25,26). The van der Waals surface area contributed by atoms with Crippen LogP contribution in [0.4, 0.5) is 17.6 Å². The highest BCUT2D eigenvalue weighted by Gasteiger charge is 2.33. The number of guanidine groups is 1. The van der Waals surface area contributed by atoms with E-state index in [4.69, 9.17) is 0 Å². The van der Waals surface area contributed by atoms with Crippen LogP contribution in [0.15, 0.2) is 34.8 Å². The van der Waals surface area contributed by atoms with Gasteiger partial charge in [-0.1, -0.05) is 0 Å². The number of aromatic amines is 1. The van der Waals surface area contributed by atoms with Crippen LogP contribution >= 0.6 is 11.3 Å². The highest BCUT2D eigenvalue weighted by atomic mass is 32.1. The average molecular weight is 427 g/mol. The molecule has 0 saturated heterocycles. The SMILES string of the molecule is CCNC(=NCCc1nc(C(F)(F)F)cs1)NCCc1c[nH]c2cc(F)ccc12. The third kappa shape index (κ3) is 5.69. The second-order valence-electron chi connectivity index (χ2n) is 6.32. The van der Waals surface area contributed by atoms with E-state index in [2.05, 4.69) is 25.6 Å². The zero-order chi connectivity index (χ0) is 20.9. The monoisotopic (exact) mass is 427 g/mol. The molecule has 29 heavy (non-hydrogen) atoms. The molecule has 3 N–H and O–H groups in total. The summed E-state index contributed by atoms with van der Waals surface area (Å²) in [4.78, 5) is 11.1. The molecule has 0 saturated carbocycles. The number of H-pyrrole nitrogens is 1. The molecular weight excluding hydrogens is 406 g/mol. The molecule has 5 nitrogen and oxygen atoms in total. The van der Waals surface area contributed by atoms with Gasteiger partial charge in [-0.05, 0) is 37.1 Å². The molecule has 0 amide bonds. The predicted molar refractivity (Wildman–Crippen MR) is 107 cm³/mol. The molecule has 0 bridgehead atoms. The quantitative estimate of drug-likeness (QED) is 0.302. The van der Waals surface area contributed by atoms with Gasteiger partial charge in [0.05, 0.1) is 5.01 Å². The van der Waals surface area contributed by atoms with Crippen LogP contribution in [0.5, 0.6) is 0 Å². The van der Waals surface area contributed by atoms with Crippen molar-refractivity contribution >= 4 is 28.2 Å². The lowest BCUT2D eigenvalue weighted by atomic mass is 10.1. The van der Waals surface area contributed by atoms with E-state index in [9.17, 15) is 17.6 Å². The maximum absolute atomic E-state index is 13.3. The van der Waals surface area contributed by atoms with Crippen LogP contribution in [0.25, 0.3) is 10.9 Å². The van der Waals surface area contributed by atoms with Crippen molar-refractivity contribution in [3.63, 3.8) is 0 Å². The first kappa shape index (κ1) is 21.1. The van der Waals surface area contributed by atoms with Crippen LogP contribution in [0.3, 0.4) is 0 Å². The summed E-state index contributed by atoms with van der Waals surface area (Å²) in [5, 5.41) is 8.71. The topological polar surface area (TPSA) is 65.1 Å². The first-order valence-electron chi connectivity index (χ1n) is 9.16. The number of halogens is 4. The van der Waals surface area contributed by atoms with Crippen LogP contribution in [0.1, 0.15) is 23.2 Å². The molecule has 0 aliphatic rings. The van der Waals surface area contributed by atoms with Crippen molar-refractivity contribution in [3.8, 4) is 0 Å². The van der Waals surface area contributed by atoms with E-state index in [0.29, 0.717) is 43.4 Å². The fraction of sp³-hybridized carbons (Fsp3) is 0.368. The molecule has 0 spiro atoms. The molecule has 0 atom stereocenters. The molecular formula is C19H21F4N5S. The van der Waals surface area contributed by atoms with Gasteiger partial charge in [0.1, 0.15) is 5.82 Å². The van der Waals surface area contributed by atoms with Gasteiger partial charge in [-0.25, -0.2) is 9.37 Å². The summed E-state index contributed by atoms with van der Waals surface area (Å²) in [6, 6.07) is 4.64. The number of hydrogen-bond donors (Lipinski definition) is 3. The average Bonchev–Trinajstić information content (AvgIpc) is 3.28. The van der Waals surface area contributed by atoms with Gasteiger partial charge in [0.25, 0.3) is 0 Å². The maximum atomic E-state index is 13.3. The number of aliphatic imine (C=N–C) groups is 1. The molecule has 1 aromatic carbocycles. The number of alkyl halides is 3. The Labute approximate surface area is 169 Å². The first-order valence-corrected chi connectivity index (χ1v) is 10.0. The molecule has 3 rings (SSSR count). The Balaban J connectivity index is 1.53. The minimum Gasteiger partial charge on any atom is -0.361 e. The second kappa shape index (κ2) is 9.25. The summed E-state index contributed by atoms with van der Waals surface area (Å²) in [6.07, 6.45) is -1.51. The molecule has 3 aromatic rings. The van der Waals surface area contributed by atoms with Crippen molar-refractivity contribution in [1.29, 1.82) is 0 Å². The smallest absolute Gasteiger partial charge is 0.361 e. The minimum absolute atomic E-state index is 0.284. The summed E-state index contributed by atoms with van der Waals surface area (Å²) in [6.45, 7) is 3.52. The van der Waals surface area contributed by atoms with E-state index < -0.39 is 11.9 Å². The van der Waals surface area contributed by atoms with Gasteiger partial charge in [-0.3, -0.25) is 4.99 Å². The highest BCUT2D eigenvalue weighted by molar-refractivity contribution is 7.09. The van der Waals surface area contributed by atoms with E-state index in [1.54, 1.807) is 6.07 Å². The fourth-order valence-corrected chi connectivity index (χ4v) is 3.64. The molecule has 0 unspecified atom stereocenters. The lowest BCUT2D eigenvalue weighted by Crippen LogP contribution is -2.38. The van der Waals surface area contributed by atoms with Crippen molar-refractivity contribution < 1.29 is 17.6 Å². The maximum Gasteiger partial charge on any atom is 0.434 e. The van der Waals surface area contributed by atoms with Gasteiger partial charge < -0.3 is 15.6 Å². The van der Waals surface area contributed by atoms with Crippen molar-refractivity contribution in [2.45, 2.75) is 25.9 Å². The zero-order valence-corrected chi connectivity index (χ0v) is 16.6. The summed E-state index contributed by atoms with van der Waals surface area (Å²) in [5.74, 6) is 0.305. The third-order valence-electron chi connectivity index (χ3n) is 4.20. The lowest BCUT2D eigenvalue weighted by molar-refractivity contribution is -0.140. The second-order valence-corrected chi connectivity index (χ2v) is 7.26. The molecule has 0 aliphatic carbocycles. The Bertz CT molecular complexity index is 977. The molecule has 0 aliphatic heterocycles. The van der Waals surface area contributed by atoms with E-state index in [1.165, 1.54) is 12.1 Å². The number of hydrogen-bond acceptors (Lipinski definition) is 3. The lowest BCUT2D eigenvalue weighted by Gasteiger charge is -2.11. The van der Waals surface area contributed by atoms with Gasteiger partial charge in [0.2, 0.25) is 0 Å². The van der Waals surface area contributed by atoms with E-state index >= 15 is 0 Å². The molecule has 2 heterocycles. The first-order chi connectivity index (χ1) is 13.9. The fourth-order valence-electron chi connectivity index (χ4n) is 2.84. The Kier molecular flexibility index (Phi) is 6.73. The Hall–Kier alpha value is -2.62. The molecule has 156 valence electrons. The third-order valence-corrected chi connectivity index (χ3v) is 5.11. The minimum atomic E-state index is -4.41. The van der Waals surface area contributed by atoms with Gasteiger partial charge >= 0.3 is 6.18 Å². The van der Waals surface area contributed by atoms with E-state index in [-0.39, 0.29) is 5.82 Å². The number of nitrogens with zero attached hydrogens (tertiary/aromatic N) is 2. The zero-order valence-electron chi connectivity index (χ0n) is 15.7. The number of rotatable bonds is 7. The molecule has 0 radical (unpaired) electrons. The van der Waals surface area contributed by atoms with Crippen molar-refractivity contribution in [1.82, 2.24) is 20.6 Å². The number of thiazole rings is 1. The van der Waals surface area contributed by atoms with Crippen LogP contribution in [0.2, 0.25) is 0 Å². The molecule has 10 heteroatoms. The number of nitrogens with one attached hydrogen (secondary N) is 3. The Morgan fingerprint density at radius 1 is 1.24 bits per heavy atom. The summed E-state index contributed by atoms with van der Waals surface area (Å²) in [5.41, 5.74) is 0.957. The number of aromatic nitrogens is 2. The summed E-state index contributed by atoms with van der Waals surface area (Å²) < 4.78 is 51.1. The van der Waals surface area contributed by atoms with Crippen molar-refractivity contribution in [2.24, 2.45) is 4.99 Å². The van der Waals surface area contributed by atoms with Crippen LogP contribution < -0.4 is 10.6 Å². The van der Waals surface area contributed by atoms with Gasteiger partial charge in [-0.15, -0.1) is 11.3 Å². The van der Waals surface area contributed by atoms with Crippen molar-refractivity contribution in [3.05, 3.63) is 51.9 Å². The van der Waals surface area contributed by atoms with Gasteiger partial charge in [0, 0.05) is 48.5 Å². The van der Waals surface area contributed by atoms with Gasteiger partial charge in [-0.2, -0.15) is 13.2 Å². The molecule has 2 aromatic heterocycles. The largest absolute Gasteiger partial charge is 0.434 e. The summed E-state index contributed by atoms with van der Waals surface area (Å²) >= 11 is 0.988. The molecule has 0 fully saturated rings. The van der Waals surface area contributed by atoms with Crippen molar-refractivity contribution in [2.75, 3.05) is 19.6 Å². The normalized spacial score (nSPS) is 12.5. The highest BCUT2D eigenvalue weighted by Crippen LogP contribution is 2.30. The van der Waals surface area contributed by atoms with E-state index in [0.717, 1.165) is 33.2 Å². The number of fused-ring (bicyclic) bond motifs is 1. The van der Waals surface area contributed by atoms with Gasteiger partial charge in [0.15, 0.2) is 11.7 Å². The van der Waals surface area contributed by atoms with E-state index in [1.807, 2.05) is 13.1 Å². The Morgan fingerprint density at radius 3 is 2.79 bits per heavy atom. The van der Waals surface area contributed by atoms with Crippen LogP contribution in [0, 0.1) is 5.82 Å². The van der Waals surface area contributed by atoms with Crippen LogP contribution in [-0.4, -0.2) is 35.6 Å². The predicted octanol–water partition coefficient (Wildman–Crippen LogP) is 4.12. The van der Waals surface area contributed by atoms with Crippen LogP contribution in [-0.2, 0) is 19.0 Å².